The Balaban J connectivity index is 1.88. The Kier molecular flexibility index (Phi) is 3.39. The van der Waals surface area contributed by atoms with Gasteiger partial charge in [0.05, 0.1) is 22.6 Å². The van der Waals surface area contributed by atoms with E-state index in [1.165, 1.54) is 0 Å². The molecule has 20 heavy (non-hydrogen) atoms. The first-order valence-electron chi connectivity index (χ1n) is 6.47. The Labute approximate surface area is 123 Å². The van der Waals surface area contributed by atoms with Gasteiger partial charge in [0.2, 0.25) is 5.91 Å². The summed E-state index contributed by atoms with van der Waals surface area (Å²) < 4.78 is 0.743. The number of fused-ring (bicyclic) bond motifs is 1. The highest BCUT2D eigenvalue weighted by molar-refractivity contribution is 9.10. The van der Waals surface area contributed by atoms with Crippen molar-refractivity contribution in [2.75, 3.05) is 18.4 Å². The number of anilines is 1. The average Bonchev–Trinajstić information content (AvgIpc) is 2.94. The molecule has 1 fully saturated rings. The Morgan fingerprint density at radius 3 is 2.65 bits per heavy atom. The number of halogens is 1. The molecule has 1 aliphatic rings. The molecule has 0 aliphatic carbocycles. The molecule has 2 atom stereocenters. The van der Waals surface area contributed by atoms with Crippen molar-refractivity contribution in [1.29, 1.82) is 0 Å². The predicted molar refractivity (Wildman–Crippen MR) is 80.8 cm³/mol. The topological polar surface area (TPSA) is 89.8 Å². The lowest BCUT2D eigenvalue weighted by Crippen LogP contribution is -2.27. The van der Waals surface area contributed by atoms with Gasteiger partial charge in [-0.15, -0.1) is 0 Å². The second kappa shape index (κ2) is 5.06. The summed E-state index contributed by atoms with van der Waals surface area (Å²) >= 11 is 3.41. The first-order valence-corrected chi connectivity index (χ1v) is 7.27. The Hall–Kier alpha value is -1.60. The highest BCUT2D eigenvalue weighted by Gasteiger charge is 2.29. The Morgan fingerprint density at radius 1 is 1.30 bits per heavy atom. The molecule has 1 amide bonds. The minimum Gasteiger partial charge on any atom is -0.325 e. The third-order valence-electron chi connectivity index (χ3n) is 3.72. The first kappa shape index (κ1) is 13.4. The van der Waals surface area contributed by atoms with Gasteiger partial charge in [-0.3, -0.25) is 4.79 Å². The molecular weight excluding hydrogens is 324 g/mol. The maximum absolute atomic E-state index is 12.3. The number of imidazole rings is 1. The van der Waals surface area contributed by atoms with Gasteiger partial charge in [0.15, 0.2) is 0 Å². The standard InChI is InChI=1S/C13H15BrN4O2/c1-6-4-15-5-7(6)12(19)16-9-3-11-10(2-8(9)14)17-13(20)18-11/h2-3,6-7,15H,4-5H2,1H3,(H,16,19)(H2,17,18,20)/t6-,7-/m1/s1. The zero-order valence-corrected chi connectivity index (χ0v) is 12.5. The minimum atomic E-state index is -0.260. The molecule has 2 aromatic rings. The molecule has 7 heteroatoms. The fourth-order valence-corrected chi connectivity index (χ4v) is 2.98. The van der Waals surface area contributed by atoms with Crippen molar-refractivity contribution in [2.24, 2.45) is 11.8 Å². The maximum atomic E-state index is 12.3. The molecule has 1 aromatic heterocycles. The van der Waals surface area contributed by atoms with Crippen LogP contribution in [-0.2, 0) is 4.79 Å². The van der Waals surface area contributed by atoms with Gasteiger partial charge in [-0.1, -0.05) is 6.92 Å². The maximum Gasteiger partial charge on any atom is 0.323 e. The number of carbonyl (C=O) groups is 1. The van der Waals surface area contributed by atoms with Gasteiger partial charge >= 0.3 is 5.69 Å². The fourth-order valence-electron chi connectivity index (χ4n) is 2.54. The van der Waals surface area contributed by atoms with Crippen molar-refractivity contribution in [1.82, 2.24) is 15.3 Å². The molecule has 2 heterocycles. The Bertz CT molecular complexity index is 721. The molecule has 0 spiro atoms. The number of nitrogens with one attached hydrogen (secondary N) is 4. The van der Waals surface area contributed by atoms with Gasteiger partial charge < -0.3 is 20.6 Å². The molecule has 3 rings (SSSR count). The number of H-pyrrole nitrogens is 2. The van der Waals surface area contributed by atoms with E-state index in [9.17, 15) is 9.59 Å². The van der Waals surface area contributed by atoms with Crippen molar-refractivity contribution >= 4 is 38.6 Å². The van der Waals surface area contributed by atoms with Crippen LogP contribution >= 0.6 is 15.9 Å². The third-order valence-corrected chi connectivity index (χ3v) is 4.37. The van der Waals surface area contributed by atoms with E-state index >= 15 is 0 Å². The first-order chi connectivity index (χ1) is 9.54. The quantitative estimate of drug-likeness (QED) is 0.667. The van der Waals surface area contributed by atoms with E-state index < -0.39 is 0 Å². The van der Waals surface area contributed by atoms with Crippen molar-refractivity contribution in [3.05, 3.63) is 27.1 Å². The number of amides is 1. The zero-order valence-electron chi connectivity index (χ0n) is 10.9. The van der Waals surface area contributed by atoms with Gasteiger partial charge in [0.25, 0.3) is 0 Å². The van der Waals surface area contributed by atoms with E-state index in [-0.39, 0.29) is 17.5 Å². The Morgan fingerprint density at radius 2 is 2.00 bits per heavy atom. The van der Waals surface area contributed by atoms with Crippen LogP contribution in [0.15, 0.2) is 21.4 Å². The molecule has 0 unspecified atom stereocenters. The van der Waals surface area contributed by atoms with Crippen LogP contribution in [0.2, 0.25) is 0 Å². The largest absolute Gasteiger partial charge is 0.325 e. The van der Waals surface area contributed by atoms with Crippen LogP contribution in [0, 0.1) is 11.8 Å². The summed E-state index contributed by atoms with van der Waals surface area (Å²) in [5, 5.41) is 6.13. The lowest BCUT2D eigenvalue weighted by Gasteiger charge is -2.15. The zero-order chi connectivity index (χ0) is 14.3. The molecule has 4 N–H and O–H groups in total. The molecule has 1 aliphatic heterocycles. The monoisotopic (exact) mass is 338 g/mol. The van der Waals surface area contributed by atoms with Crippen LogP contribution in [0.25, 0.3) is 11.0 Å². The van der Waals surface area contributed by atoms with E-state index in [0.29, 0.717) is 29.2 Å². The SMILES string of the molecule is C[C@@H]1CNC[C@H]1C(=O)Nc1cc2[nH]c(=O)[nH]c2cc1Br. The van der Waals surface area contributed by atoms with Crippen molar-refractivity contribution in [3.63, 3.8) is 0 Å². The normalized spacial score (nSPS) is 22.3. The molecule has 1 saturated heterocycles. The molecule has 0 radical (unpaired) electrons. The smallest absolute Gasteiger partial charge is 0.323 e. The number of hydrogen-bond acceptors (Lipinski definition) is 3. The summed E-state index contributed by atoms with van der Waals surface area (Å²) in [5.74, 6) is 0.299. The highest BCUT2D eigenvalue weighted by Crippen LogP contribution is 2.27. The number of aromatic nitrogens is 2. The minimum absolute atomic E-state index is 0.000401. The number of hydrogen-bond donors (Lipinski definition) is 4. The lowest BCUT2D eigenvalue weighted by molar-refractivity contribution is -0.120. The van der Waals surface area contributed by atoms with Crippen LogP contribution in [0.3, 0.4) is 0 Å². The molecule has 1 aromatic carbocycles. The van der Waals surface area contributed by atoms with E-state index in [1.54, 1.807) is 12.1 Å². The molecule has 6 nitrogen and oxygen atoms in total. The van der Waals surface area contributed by atoms with E-state index in [1.807, 2.05) is 0 Å². The third kappa shape index (κ3) is 2.38. The summed E-state index contributed by atoms with van der Waals surface area (Å²) in [6, 6.07) is 3.53. The molecule has 106 valence electrons. The summed E-state index contributed by atoms with van der Waals surface area (Å²) in [7, 11) is 0. The number of carbonyl (C=O) groups excluding carboxylic acids is 1. The van der Waals surface area contributed by atoms with Crippen molar-refractivity contribution in [3.8, 4) is 0 Å². The summed E-state index contributed by atoms with van der Waals surface area (Å²) in [4.78, 5) is 28.9. The van der Waals surface area contributed by atoms with E-state index in [0.717, 1.165) is 11.0 Å². The number of rotatable bonds is 2. The van der Waals surface area contributed by atoms with Crippen LogP contribution < -0.4 is 16.3 Å². The van der Waals surface area contributed by atoms with E-state index in [4.69, 9.17) is 0 Å². The van der Waals surface area contributed by atoms with Crippen molar-refractivity contribution < 1.29 is 4.79 Å². The average molecular weight is 339 g/mol. The van der Waals surface area contributed by atoms with Crippen LogP contribution in [0.4, 0.5) is 5.69 Å². The summed E-state index contributed by atoms with van der Waals surface area (Å²) in [5.41, 5.74) is 1.78. The fraction of sp³-hybridized carbons (Fsp3) is 0.385. The molecule has 0 bridgehead atoms. The van der Waals surface area contributed by atoms with Crippen LogP contribution in [-0.4, -0.2) is 29.0 Å². The predicted octanol–water partition coefficient (Wildman–Crippen LogP) is 1.41. The van der Waals surface area contributed by atoms with Crippen LogP contribution in [0.1, 0.15) is 6.92 Å². The van der Waals surface area contributed by atoms with Crippen molar-refractivity contribution in [2.45, 2.75) is 6.92 Å². The highest BCUT2D eigenvalue weighted by atomic mass is 79.9. The second-order valence-electron chi connectivity index (χ2n) is 5.19. The van der Waals surface area contributed by atoms with Gasteiger partial charge in [-0.05, 0) is 40.5 Å². The van der Waals surface area contributed by atoms with Gasteiger partial charge in [-0.25, -0.2) is 4.79 Å². The summed E-state index contributed by atoms with van der Waals surface area (Å²) in [6.45, 7) is 3.63. The molecular formula is C13H15BrN4O2. The second-order valence-corrected chi connectivity index (χ2v) is 6.04. The summed E-state index contributed by atoms with van der Waals surface area (Å²) in [6.07, 6.45) is 0. The lowest BCUT2D eigenvalue weighted by atomic mass is 9.97. The number of benzene rings is 1. The van der Waals surface area contributed by atoms with Gasteiger partial charge in [0.1, 0.15) is 0 Å². The molecule has 0 saturated carbocycles. The van der Waals surface area contributed by atoms with Crippen LogP contribution in [0.5, 0.6) is 0 Å². The number of aromatic amines is 2. The van der Waals surface area contributed by atoms with Gasteiger partial charge in [0, 0.05) is 11.0 Å². The van der Waals surface area contributed by atoms with Gasteiger partial charge in [-0.2, -0.15) is 0 Å². The van der Waals surface area contributed by atoms with E-state index in [2.05, 4.69) is 43.5 Å².